The zero-order valence-corrected chi connectivity index (χ0v) is 7.35. The second kappa shape index (κ2) is 3.15. The van der Waals surface area contributed by atoms with Crippen molar-refractivity contribution in [2.45, 2.75) is 0 Å². The van der Waals surface area contributed by atoms with Gasteiger partial charge in [-0.2, -0.15) is 0 Å². The number of carboxylic acids is 1. The van der Waals surface area contributed by atoms with Crippen LogP contribution in [-0.4, -0.2) is 21.3 Å². The summed E-state index contributed by atoms with van der Waals surface area (Å²) in [5.74, 6) is -1.57. The Morgan fingerprint density at radius 2 is 2.14 bits per heavy atom. The number of aromatic nitrogens is 2. The predicted molar refractivity (Wildman–Crippen MR) is 44.0 cm³/mol. The number of nitrogens with zero attached hydrogens (tertiary/aromatic N) is 2. The third-order valence-electron chi connectivity index (χ3n) is 1.39. The summed E-state index contributed by atoms with van der Waals surface area (Å²) in [5.41, 5.74) is 0. The lowest BCUT2D eigenvalue weighted by Gasteiger charge is -1.84. The van der Waals surface area contributed by atoms with Gasteiger partial charge in [0.05, 0.1) is 0 Å². The van der Waals surface area contributed by atoms with Crippen molar-refractivity contribution in [2.24, 2.45) is 0 Å². The van der Waals surface area contributed by atoms with Gasteiger partial charge in [0.1, 0.15) is 0 Å². The summed E-state index contributed by atoms with van der Waals surface area (Å²) < 4.78 is 9.71. The predicted octanol–water partition coefficient (Wildman–Crippen LogP) is 1.68. The van der Waals surface area contributed by atoms with E-state index in [4.69, 9.17) is 25.5 Å². The minimum Gasteiger partial charge on any atom is -0.474 e. The Morgan fingerprint density at radius 1 is 1.36 bits per heavy atom. The van der Waals surface area contributed by atoms with E-state index >= 15 is 0 Å². The van der Waals surface area contributed by atoms with E-state index in [0.29, 0.717) is 0 Å². The lowest BCUT2D eigenvalue weighted by atomic mass is 10.4. The highest BCUT2D eigenvalue weighted by Crippen LogP contribution is 2.23. The first-order valence-electron chi connectivity index (χ1n) is 3.49. The largest absolute Gasteiger partial charge is 0.474 e. The highest BCUT2D eigenvalue weighted by Gasteiger charge is 2.16. The summed E-state index contributed by atoms with van der Waals surface area (Å²) in [7, 11) is 0. The maximum absolute atomic E-state index is 10.4. The molecule has 2 aromatic heterocycles. The van der Waals surface area contributed by atoms with Gasteiger partial charge in [-0.1, -0.05) is 0 Å². The van der Waals surface area contributed by atoms with E-state index in [9.17, 15) is 4.79 Å². The van der Waals surface area contributed by atoms with Crippen LogP contribution in [-0.2, 0) is 0 Å². The fourth-order valence-electron chi connectivity index (χ4n) is 0.838. The number of rotatable bonds is 2. The van der Waals surface area contributed by atoms with E-state index in [2.05, 4.69) is 10.2 Å². The maximum atomic E-state index is 10.4. The molecule has 0 aliphatic heterocycles. The van der Waals surface area contributed by atoms with Gasteiger partial charge in [-0.3, -0.25) is 0 Å². The van der Waals surface area contributed by atoms with E-state index in [1.165, 1.54) is 12.1 Å². The second-order valence-electron chi connectivity index (χ2n) is 2.32. The van der Waals surface area contributed by atoms with Crippen LogP contribution >= 0.6 is 11.6 Å². The topological polar surface area (TPSA) is 89.4 Å². The molecule has 0 saturated carbocycles. The van der Waals surface area contributed by atoms with Crippen LogP contribution in [0.2, 0.25) is 5.22 Å². The van der Waals surface area contributed by atoms with Gasteiger partial charge < -0.3 is 13.9 Å². The first-order valence-corrected chi connectivity index (χ1v) is 3.87. The van der Waals surface area contributed by atoms with Crippen LogP contribution in [0.4, 0.5) is 0 Å². The fourth-order valence-corrected chi connectivity index (χ4v) is 0.985. The third-order valence-corrected chi connectivity index (χ3v) is 1.60. The molecule has 7 heteroatoms. The summed E-state index contributed by atoms with van der Waals surface area (Å²) in [6.45, 7) is 0. The van der Waals surface area contributed by atoms with E-state index in [-0.39, 0.29) is 16.9 Å². The van der Waals surface area contributed by atoms with Gasteiger partial charge in [-0.25, -0.2) is 4.79 Å². The quantitative estimate of drug-likeness (QED) is 0.818. The van der Waals surface area contributed by atoms with Crippen LogP contribution in [0.5, 0.6) is 0 Å². The lowest BCUT2D eigenvalue weighted by Crippen LogP contribution is -1.95. The normalized spacial score (nSPS) is 10.4. The molecule has 72 valence electrons. The molecule has 0 spiro atoms. The fraction of sp³-hybridized carbons (Fsp3) is 0. The molecule has 1 N–H and O–H groups in total. The number of carboxylic acid groups (broad SMARTS) is 1. The highest BCUT2D eigenvalue weighted by molar-refractivity contribution is 6.28. The Bertz CT molecular complexity index is 475. The van der Waals surface area contributed by atoms with Crippen LogP contribution in [0.1, 0.15) is 10.7 Å². The van der Waals surface area contributed by atoms with Gasteiger partial charge in [-0.15, -0.1) is 10.2 Å². The summed E-state index contributed by atoms with van der Waals surface area (Å²) >= 11 is 5.51. The molecule has 2 heterocycles. The molecule has 0 radical (unpaired) electrons. The second-order valence-corrected chi connectivity index (χ2v) is 2.69. The molecule has 2 rings (SSSR count). The molecule has 0 amide bonds. The van der Waals surface area contributed by atoms with Crippen molar-refractivity contribution >= 4 is 17.6 Å². The number of halogens is 1. The summed E-state index contributed by atoms with van der Waals surface area (Å²) in [4.78, 5) is 10.4. The summed E-state index contributed by atoms with van der Waals surface area (Å²) in [6, 6.07) is 2.99. The van der Waals surface area contributed by atoms with Gasteiger partial charge in [0, 0.05) is 0 Å². The minimum atomic E-state index is -1.29. The SMILES string of the molecule is O=C(O)c1nnc(-c2ccc(Cl)o2)o1. The molecule has 0 aliphatic rings. The van der Waals surface area contributed by atoms with Gasteiger partial charge in [-0.05, 0) is 23.7 Å². The number of hydrogen-bond donors (Lipinski definition) is 1. The zero-order chi connectivity index (χ0) is 10.1. The van der Waals surface area contributed by atoms with Crippen molar-refractivity contribution < 1.29 is 18.7 Å². The molecule has 2 aromatic rings. The number of hydrogen-bond acceptors (Lipinski definition) is 5. The van der Waals surface area contributed by atoms with Crippen molar-refractivity contribution in [1.82, 2.24) is 10.2 Å². The molecule has 0 unspecified atom stereocenters. The van der Waals surface area contributed by atoms with Crippen LogP contribution in [0, 0.1) is 0 Å². The maximum Gasteiger partial charge on any atom is 0.393 e. The van der Waals surface area contributed by atoms with E-state index < -0.39 is 11.9 Å². The molecule has 14 heavy (non-hydrogen) atoms. The first-order chi connectivity index (χ1) is 6.66. The number of furan rings is 1. The first kappa shape index (κ1) is 8.76. The third kappa shape index (κ3) is 1.47. The highest BCUT2D eigenvalue weighted by atomic mass is 35.5. The molecular weight excluding hydrogens is 212 g/mol. The molecule has 6 nitrogen and oxygen atoms in total. The van der Waals surface area contributed by atoms with Crippen molar-refractivity contribution in [3.8, 4) is 11.7 Å². The van der Waals surface area contributed by atoms with E-state index in [1.807, 2.05) is 0 Å². The van der Waals surface area contributed by atoms with Gasteiger partial charge in [0.25, 0.3) is 5.89 Å². The average Bonchev–Trinajstić information content (AvgIpc) is 2.70. The number of carbonyl (C=O) groups is 1. The lowest BCUT2D eigenvalue weighted by molar-refractivity contribution is 0.0654. The Hall–Kier alpha value is -1.82. The van der Waals surface area contributed by atoms with Gasteiger partial charge in [0.2, 0.25) is 0 Å². The van der Waals surface area contributed by atoms with Crippen molar-refractivity contribution in [3.05, 3.63) is 23.2 Å². The van der Waals surface area contributed by atoms with Crippen molar-refractivity contribution in [2.75, 3.05) is 0 Å². The van der Waals surface area contributed by atoms with E-state index in [1.54, 1.807) is 0 Å². The van der Waals surface area contributed by atoms with Gasteiger partial charge in [0.15, 0.2) is 11.0 Å². The summed E-state index contributed by atoms with van der Waals surface area (Å²) in [5, 5.41) is 15.4. The summed E-state index contributed by atoms with van der Waals surface area (Å²) in [6.07, 6.45) is 0. The Morgan fingerprint density at radius 3 is 2.64 bits per heavy atom. The molecule has 0 atom stereocenters. The van der Waals surface area contributed by atoms with Crippen molar-refractivity contribution in [3.63, 3.8) is 0 Å². The molecule has 0 aromatic carbocycles. The number of aromatic carboxylic acids is 1. The molecule has 0 bridgehead atoms. The minimum absolute atomic E-state index is 0.0192. The Balaban J connectivity index is 2.38. The van der Waals surface area contributed by atoms with Gasteiger partial charge >= 0.3 is 11.9 Å². The van der Waals surface area contributed by atoms with Crippen LogP contribution in [0.3, 0.4) is 0 Å². The van der Waals surface area contributed by atoms with Crippen LogP contribution in [0.15, 0.2) is 21.0 Å². The molecule has 0 fully saturated rings. The average molecular weight is 215 g/mol. The smallest absolute Gasteiger partial charge is 0.393 e. The van der Waals surface area contributed by atoms with Crippen LogP contribution in [0.25, 0.3) is 11.7 Å². The molecular formula is C7H3ClN2O4. The van der Waals surface area contributed by atoms with Crippen molar-refractivity contribution in [1.29, 1.82) is 0 Å². The Labute approximate surface area is 82.1 Å². The van der Waals surface area contributed by atoms with E-state index in [0.717, 1.165) is 0 Å². The molecule has 0 aliphatic carbocycles. The monoisotopic (exact) mass is 214 g/mol. The standard InChI is InChI=1S/C7H3ClN2O4/c8-4-2-1-3(13-4)5-9-10-6(14-5)7(11)12/h1-2H,(H,11,12). The zero-order valence-electron chi connectivity index (χ0n) is 6.60. The Kier molecular flexibility index (Phi) is 1.97. The van der Waals surface area contributed by atoms with Crippen LogP contribution < -0.4 is 0 Å². The molecule has 0 saturated heterocycles.